The van der Waals surface area contributed by atoms with Gasteiger partial charge >= 0.3 is 6.18 Å². The summed E-state index contributed by atoms with van der Waals surface area (Å²) in [7, 11) is 2.17. The second-order valence-electron chi connectivity index (χ2n) is 8.41. The van der Waals surface area contributed by atoms with Crippen molar-refractivity contribution in [1.29, 1.82) is 0 Å². The van der Waals surface area contributed by atoms with Gasteiger partial charge in [0.05, 0.1) is 11.1 Å². The lowest BCUT2D eigenvalue weighted by Crippen LogP contribution is -2.35. The summed E-state index contributed by atoms with van der Waals surface area (Å²) in [4.78, 5) is 2.39. The van der Waals surface area contributed by atoms with Gasteiger partial charge in [-0.15, -0.1) is 0 Å². The van der Waals surface area contributed by atoms with Crippen LogP contribution in [0.5, 0.6) is 0 Å². The number of rotatable bonds is 3. The lowest BCUT2D eigenvalue weighted by atomic mass is 9.97. The molecular weight excluding hydrogens is 373 g/mol. The summed E-state index contributed by atoms with van der Waals surface area (Å²) in [6, 6.07) is 10.4. The predicted octanol–water partition coefficient (Wildman–Crippen LogP) is 5.90. The van der Waals surface area contributed by atoms with Crippen molar-refractivity contribution in [2.45, 2.75) is 58.9 Å². The molecule has 0 spiro atoms. The second kappa shape index (κ2) is 7.21. The number of fused-ring (bicyclic) bond motifs is 3. The van der Waals surface area contributed by atoms with E-state index in [1.54, 1.807) is 12.1 Å². The number of aromatic nitrogens is 1. The highest BCUT2D eigenvalue weighted by molar-refractivity contribution is 5.91. The number of halogens is 3. The summed E-state index contributed by atoms with van der Waals surface area (Å²) in [6.07, 6.45) is -2.58. The van der Waals surface area contributed by atoms with Crippen molar-refractivity contribution in [3.8, 4) is 0 Å². The summed E-state index contributed by atoms with van der Waals surface area (Å²) >= 11 is 0. The topological polar surface area (TPSA) is 8.17 Å². The average molecular weight is 400 g/mol. The Bertz CT molecular complexity index is 1040. The molecule has 2 heterocycles. The van der Waals surface area contributed by atoms with Crippen LogP contribution in [-0.4, -0.2) is 22.6 Å². The van der Waals surface area contributed by atoms with Crippen LogP contribution in [0.25, 0.3) is 10.9 Å². The molecule has 0 bridgehead atoms. The molecule has 2 aromatic carbocycles. The van der Waals surface area contributed by atoms with E-state index in [9.17, 15) is 13.2 Å². The maximum absolute atomic E-state index is 12.8. The van der Waals surface area contributed by atoms with Crippen molar-refractivity contribution in [2.24, 2.45) is 0 Å². The van der Waals surface area contributed by atoms with Gasteiger partial charge in [0, 0.05) is 36.6 Å². The smallest absolute Gasteiger partial charge is 0.344 e. The van der Waals surface area contributed by atoms with Gasteiger partial charge in [-0.05, 0) is 68.6 Å². The maximum Gasteiger partial charge on any atom is 0.416 e. The lowest BCUT2D eigenvalue weighted by molar-refractivity contribution is -0.137. The van der Waals surface area contributed by atoms with Gasteiger partial charge in [0.25, 0.3) is 0 Å². The van der Waals surface area contributed by atoms with Crippen LogP contribution in [-0.2, 0) is 32.1 Å². The van der Waals surface area contributed by atoms with Crippen molar-refractivity contribution in [3.05, 3.63) is 69.9 Å². The highest BCUT2D eigenvalue weighted by atomic mass is 19.4. The van der Waals surface area contributed by atoms with Crippen LogP contribution < -0.4 is 0 Å². The zero-order valence-corrected chi connectivity index (χ0v) is 17.4. The molecule has 0 radical (unpaired) electrons. The molecule has 2 nitrogen and oxygen atoms in total. The molecule has 1 unspecified atom stereocenters. The fourth-order valence-electron chi connectivity index (χ4n) is 4.56. The third kappa shape index (κ3) is 3.57. The summed E-state index contributed by atoms with van der Waals surface area (Å²) in [6.45, 7) is 8.28. The molecule has 0 amide bonds. The van der Waals surface area contributed by atoms with E-state index in [0.717, 1.165) is 25.1 Å². The first-order chi connectivity index (χ1) is 13.7. The third-order valence-electron chi connectivity index (χ3n) is 6.39. The van der Waals surface area contributed by atoms with Crippen LogP contribution in [0.1, 0.15) is 40.4 Å². The van der Waals surface area contributed by atoms with Crippen LogP contribution in [0.2, 0.25) is 0 Å². The fraction of sp³-hybridized carbons (Fsp3) is 0.417. The van der Waals surface area contributed by atoms with Gasteiger partial charge in [-0.3, -0.25) is 4.90 Å². The van der Waals surface area contributed by atoms with E-state index in [1.807, 2.05) is 0 Å². The van der Waals surface area contributed by atoms with Gasteiger partial charge in [0.2, 0.25) is 0 Å². The Morgan fingerprint density at radius 3 is 2.31 bits per heavy atom. The summed E-state index contributed by atoms with van der Waals surface area (Å²) in [5.74, 6) is 0. The van der Waals surface area contributed by atoms with E-state index in [2.05, 4.69) is 49.4 Å². The molecule has 0 saturated heterocycles. The van der Waals surface area contributed by atoms with E-state index in [0.29, 0.717) is 12.5 Å². The monoisotopic (exact) mass is 400 g/mol. The molecule has 29 heavy (non-hydrogen) atoms. The van der Waals surface area contributed by atoms with Crippen LogP contribution in [0.3, 0.4) is 0 Å². The van der Waals surface area contributed by atoms with E-state index < -0.39 is 11.7 Å². The van der Waals surface area contributed by atoms with Crippen molar-refractivity contribution in [1.82, 2.24) is 9.47 Å². The molecule has 4 rings (SSSR count). The molecule has 1 aliphatic rings. The second-order valence-corrected chi connectivity index (χ2v) is 8.41. The first-order valence-corrected chi connectivity index (χ1v) is 10.1. The van der Waals surface area contributed by atoms with Crippen molar-refractivity contribution >= 4 is 10.9 Å². The number of alkyl halides is 3. The number of hydrogen-bond donors (Lipinski definition) is 0. The van der Waals surface area contributed by atoms with Crippen LogP contribution in [0.4, 0.5) is 13.2 Å². The Morgan fingerprint density at radius 1 is 1.00 bits per heavy atom. The molecular formula is C24H27F3N2. The van der Waals surface area contributed by atoms with Gasteiger partial charge in [-0.25, -0.2) is 0 Å². The Labute approximate surface area is 169 Å². The summed E-state index contributed by atoms with van der Waals surface area (Å²) in [5.41, 5.74) is 6.96. The van der Waals surface area contributed by atoms with E-state index >= 15 is 0 Å². The van der Waals surface area contributed by atoms with Gasteiger partial charge < -0.3 is 4.57 Å². The van der Waals surface area contributed by atoms with E-state index in [4.69, 9.17) is 0 Å². The highest BCUT2D eigenvalue weighted by Gasteiger charge is 2.30. The van der Waals surface area contributed by atoms with Crippen molar-refractivity contribution in [3.63, 3.8) is 0 Å². The zero-order chi connectivity index (χ0) is 20.9. The Hall–Kier alpha value is -2.27. The molecule has 0 fully saturated rings. The van der Waals surface area contributed by atoms with Gasteiger partial charge in [0.15, 0.2) is 0 Å². The van der Waals surface area contributed by atoms with Gasteiger partial charge in [-0.1, -0.05) is 24.3 Å². The van der Waals surface area contributed by atoms with Crippen LogP contribution >= 0.6 is 0 Å². The molecule has 1 aliphatic heterocycles. The third-order valence-corrected chi connectivity index (χ3v) is 6.39. The number of aryl methyl sites for hydroxylation is 4. The maximum atomic E-state index is 12.8. The summed E-state index contributed by atoms with van der Waals surface area (Å²) < 4.78 is 40.9. The molecule has 1 aromatic heterocycles. The SMILES string of the molecule is Cc1ccc(C)c2c1c1c(n2CCc2ccc(C(F)(F)F)cc2)CC(C)N(C)C1. The van der Waals surface area contributed by atoms with Crippen LogP contribution in [0, 0.1) is 13.8 Å². The number of hydrogen-bond acceptors (Lipinski definition) is 1. The molecule has 0 N–H and O–H groups in total. The highest BCUT2D eigenvalue weighted by Crippen LogP contribution is 2.36. The lowest BCUT2D eigenvalue weighted by Gasteiger charge is -2.31. The molecule has 5 heteroatoms. The quantitative estimate of drug-likeness (QED) is 0.532. The molecule has 3 aromatic rings. The predicted molar refractivity (Wildman–Crippen MR) is 111 cm³/mol. The Kier molecular flexibility index (Phi) is 4.97. The summed E-state index contributed by atoms with van der Waals surface area (Å²) in [5, 5.41) is 1.35. The van der Waals surface area contributed by atoms with Crippen molar-refractivity contribution < 1.29 is 13.2 Å². The van der Waals surface area contributed by atoms with Crippen molar-refractivity contribution in [2.75, 3.05) is 7.05 Å². The van der Waals surface area contributed by atoms with E-state index in [1.165, 1.54) is 45.4 Å². The normalized spacial score (nSPS) is 17.7. The minimum absolute atomic E-state index is 0.470. The minimum Gasteiger partial charge on any atom is -0.344 e. The zero-order valence-electron chi connectivity index (χ0n) is 17.4. The van der Waals surface area contributed by atoms with Gasteiger partial charge in [0.1, 0.15) is 0 Å². The largest absolute Gasteiger partial charge is 0.416 e. The molecule has 1 atom stereocenters. The van der Waals surface area contributed by atoms with E-state index in [-0.39, 0.29) is 0 Å². The van der Waals surface area contributed by atoms with Crippen LogP contribution in [0.15, 0.2) is 36.4 Å². The number of likely N-dealkylation sites (N-methyl/N-ethyl adjacent to an activating group) is 1. The number of benzene rings is 2. The Balaban J connectivity index is 1.72. The Morgan fingerprint density at radius 2 is 1.66 bits per heavy atom. The average Bonchev–Trinajstić information content (AvgIpc) is 2.97. The number of nitrogens with zero attached hydrogens (tertiary/aromatic N) is 2. The van der Waals surface area contributed by atoms with Gasteiger partial charge in [-0.2, -0.15) is 13.2 Å². The molecule has 0 saturated carbocycles. The first kappa shape index (κ1) is 20.0. The fourth-order valence-corrected chi connectivity index (χ4v) is 4.56. The molecule has 154 valence electrons. The standard InChI is InChI=1S/C24H27F3N2/c1-15-5-6-16(2)23-22(15)20-14-28(4)17(3)13-21(20)29(23)12-11-18-7-9-19(10-8-18)24(25,26)27/h5-10,17H,11-14H2,1-4H3. The molecule has 0 aliphatic carbocycles. The minimum atomic E-state index is -4.29. The first-order valence-electron chi connectivity index (χ1n) is 10.1.